The average molecular weight is 305 g/mol. The number of aromatic nitrogens is 1. The summed E-state index contributed by atoms with van der Waals surface area (Å²) in [5, 5.41) is 10.2. The quantitative estimate of drug-likeness (QED) is 0.766. The molecule has 0 aliphatic heterocycles. The number of phenolic OH excluding ortho intramolecular Hbond substituents is 1. The first kappa shape index (κ1) is 15.1. The van der Waals surface area contributed by atoms with Gasteiger partial charge < -0.3 is 9.84 Å². The molecule has 0 atom stereocenters. The molecular formula is C20H19NO2. The van der Waals surface area contributed by atoms with Crippen molar-refractivity contribution in [1.82, 2.24) is 4.98 Å². The first-order valence-corrected chi connectivity index (χ1v) is 7.63. The minimum Gasteiger partial charge on any atom is -0.507 e. The Balaban J connectivity index is 1.92. The van der Waals surface area contributed by atoms with Gasteiger partial charge in [-0.05, 0) is 54.3 Å². The van der Waals surface area contributed by atoms with E-state index < -0.39 is 0 Å². The Morgan fingerprint density at radius 1 is 0.913 bits per heavy atom. The van der Waals surface area contributed by atoms with Crippen LogP contribution in [0.25, 0.3) is 11.1 Å². The second-order valence-electron chi connectivity index (χ2n) is 5.36. The van der Waals surface area contributed by atoms with Crippen LogP contribution in [0, 0.1) is 0 Å². The summed E-state index contributed by atoms with van der Waals surface area (Å²) in [6.07, 6.45) is 3.54. The number of hydrogen-bond acceptors (Lipinski definition) is 3. The number of benzene rings is 2. The van der Waals surface area contributed by atoms with Crippen LogP contribution in [-0.2, 0) is 12.8 Å². The van der Waals surface area contributed by atoms with E-state index in [9.17, 15) is 5.11 Å². The zero-order valence-electron chi connectivity index (χ0n) is 13.1. The van der Waals surface area contributed by atoms with Crippen molar-refractivity contribution >= 4 is 0 Å². The number of methoxy groups -OCH3 is 1. The van der Waals surface area contributed by atoms with Crippen molar-refractivity contribution in [1.29, 1.82) is 0 Å². The van der Waals surface area contributed by atoms with Crippen molar-refractivity contribution in [2.75, 3.05) is 7.11 Å². The van der Waals surface area contributed by atoms with Gasteiger partial charge in [-0.2, -0.15) is 0 Å². The van der Waals surface area contributed by atoms with E-state index in [1.54, 1.807) is 19.2 Å². The molecule has 1 aromatic heterocycles. The molecular weight excluding hydrogens is 286 g/mol. The van der Waals surface area contributed by atoms with E-state index >= 15 is 0 Å². The van der Waals surface area contributed by atoms with Crippen LogP contribution in [-0.4, -0.2) is 17.2 Å². The average Bonchev–Trinajstić information content (AvgIpc) is 2.62. The van der Waals surface area contributed by atoms with E-state index in [2.05, 4.69) is 11.1 Å². The molecule has 0 bridgehead atoms. The van der Waals surface area contributed by atoms with Crippen LogP contribution in [0.5, 0.6) is 11.5 Å². The molecule has 3 aromatic rings. The normalized spacial score (nSPS) is 10.5. The van der Waals surface area contributed by atoms with Crippen LogP contribution >= 0.6 is 0 Å². The maximum Gasteiger partial charge on any atom is 0.123 e. The van der Waals surface area contributed by atoms with Gasteiger partial charge in [-0.3, -0.25) is 4.98 Å². The zero-order chi connectivity index (χ0) is 16.1. The van der Waals surface area contributed by atoms with Crippen LogP contribution in [0.15, 0.2) is 66.9 Å². The van der Waals surface area contributed by atoms with Crippen LogP contribution < -0.4 is 4.74 Å². The summed E-state index contributed by atoms with van der Waals surface area (Å²) < 4.78 is 5.28. The van der Waals surface area contributed by atoms with Crippen molar-refractivity contribution in [2.45, 2.75) is 12.8 Å². The number of phenols is 1. The summed E-state index contributed by atoms with van der Waals surface area (Å²) in [5.41, 5.74) is 4.07. The van der Waals surface area contributed by atoms with Gasteiger partial charge in [-0.15, -0.1) is 0 Å². The number of pyridine rings is 1. The summed E-state index contributed by atoms with van der Waals surface area (Å²) in [6.45, 7) is 0. The van der Waals surface area contributed by atoms with Crippen molar-refractivity contribution in [3.63, 3.8) is 0 Å². The molecule has 1 heterocycles. The van der Waals surface area contributed by atoms with Gasteiger partial charge >= 0.3 is 0 Å². The molecule has 0 saturated heterocycles. The topological polar surface area (TPSA) is 42.4 Å². The Morgan fingerprint density at radius 2 is 1.74 bits per heavy atom. The van der Waals surface area contributed by atoms with E-state index in [0.717, 1.165) is 35.4 Å². The molecule has 0 aliphatic rings. The van der Waals surface area contributed by atoms with E-state index in [1.807, 2.05) is 48.7 Å². The van der Waals surface area contributed by atoms with Crippen molar-refractivity contribution < 1.29 is 9.84 Å². The zero-order valence-corrected chi connectivity index (χ0v) is 13.1. The molecule has 116 valence electrons. The molecule has 3 heteroatoms. The van der Waals surface area contributed by atoms with E-state index in [1.165, 1.54) is 5.56 Å². The van der Waals surface area contributed by atoms with Crippen LogP contribution in [0.2, 0.25) is 0 Å². The van der Waals surface area contributed by atoms with Gasteiger partial charge in [0.05, 0.1) is 7.11 Å². The second kappa shape index (κ2) is 6.97. The fourth-order valence-electron chi connectivity index (χ4n) is 2.67. The Morgan fingerprint density at radius 3 is 2.52 bits per heavy atom. The molecule has 0 saturated carbocycles. The summed E-state index contributed by atoms with van der Waals surface area (Å²) in [5.74, 6) is 0.994. The predicted molar refractivity (Wildman–Crippen MR) is 91.7 cm³/mol. The van der Waals surface area contributed by atoms with Crippen LogP contribution in [0.4, 0.5) is 0 Å². The molecule has 0 radical (unpaired) electrons. The van der Waals surface area contributed by atoms with Gasteiger partial charge in [-0.1, -0.05) is 30.3 Å². The molecule has 1 N–H and O–H groups in total. The number of hydrogen-bond donors (Lipinski definition) is 1. The third-order valence-corrected chi connectivity index (χ3v) is 3.89. The summed E-state index contributed by atoms with van der Waals surface area (Å²) in [4.78, 5) is 4.37. The third kappa shape index (κ3) is 3.51. The maximum absolute atomic E-state index is 10.2. The Kier molecular flexibility index (Phi) is 4.57. The highest BCUT2D eigenvalue weighted by molar-refractivity contribution is 5.74. The molecule has 0 aliphatic carbocycles. The number of rotatable bonds is 5. The van der Waals surface area contributed by atoms with Gasteiger partial charge in [0, 0.05) is 17.5 Å². The molecule has 0 spiro atoms. The van der Waals surface area contributed by atoms with Gasteiger partial charge in [0.15, 0.2) is 0 Å². The fourth-order valence-corrected chi connectivity index (χ4v) is 2.67. The highest BCUT2D eigenvalue weighted by atomic mass is 16.5. The van der Waals surface area contributed by atoms with E-state index in [-0.39, 0.29) is 5.75 Å². The summed E-state index contributed by atoms with van der Waals surface area (Å²) in [7, 11) is 1.63. The summed E-state index contributed by atoms with van der Waals surface area (Å²) >= 11 is 0. The maximum atomic E-state index is 10.2. The SMILES string of the molecule is COc1ccc(O)c(-c2ccccc2CCc2ccccn2)c1. The fraction of sp³-hybridized carbons (Fsp3) is 0.150. The lowest BCUT2D eigenvalue weighted by molar-refractivity contribution is 0.412. The first-order valence-electron chi connectivity index (χ1n) is 7.63. The minimum absolute atomic E-state index is 0.260. The Labute approximate surface area is 136 Å². The minimum atomic E-state index is 0.260. The monoisotopic (exact) mass is 305 g/mol. The van der Waals surface area contributed by atoms with Gasteiger partial charge in [-0.25, -0.2) is 0 Å². The molecule has 0 unspecified atom stereocenters. The third-order valence-electron chi connectivity index (χ3n) is 3.89. The molecule has 3 rings (SSSR count). The molecule has 0 amide bonds. The predicted octanol–water partition coefficient (Wildman–Crippen LogP) is 4.25. The smallest absolute Gasteiger partial charge is 0.123 e. The second-order valence-corrected chi connectivity index (χ2v) is 5.36. The lowest BCUT2D eigenvalue weighted by Gasteiger charge is -2.12. The summed E-state index contributed by atoms with van der Waals surface area (Å²) in [6, 6.07) is 19.4. The van der Waals surface area contributed by atoms with Crippen LogP contribution in [0.1, 0.15) is 11.3 Å². The molecule has 2 aromatic carbocycles. The van der Waals surface area contributed by atoms with Crippen molar-refractivity contribution in [3.05, 3.63) is 78.1 Å². The van der Waals surface area contributed by atoms with E-state index in [4.69, 9.17) is 4.74 Å². The van der Waals surface area contributed by atoms with Crippen molar-refractivity contribution in [3.8, 4) is 22.6 Å². The van der Waals surface area contributed by atoms with E-state index in [0.29, 0.717) is 0 Å². The molecule has 23 heavy (non-hydrogen) atoms. The number of aryl methyl sites for hydroxylation is 2. The number of aromatic hydroxyl groups is 1. The highest BCUT2D eigenvalue weighted by Crippen LogP contribution is 2.35. The lowest BCUT2D eigenvalue weighted by Crippen LogP contribution is -1.96. The van der Waals surface area contributed by atoms with Gasteiger partial charge in [0.2, 0.25) is 0 Å². The molecule has 3 nitrogen and oxygen atoms in total. The highest BCUT2D eigenvalue weighted by Gasteiger charge is 2.10. The van der Waals surface area contributed by atoms with Gasteiger partial charge in [0.25, 0.3) is 0 Å². The largest absolute Gasteiger partial charge is 0.507 e. The lowest BCUT2D eigenvalue weighted by atomic mass is 9.95. The standard InChI is InChI=1S/C20H19NO2/c1-23-17-11-12-20(22)19(14-17)18-8-3-2-6-15(18)9-10-16-7-4-5-13-21-16/h2-8,11-14,22H,9-10H2,1H3. The number of ether oxygens (including phenoxy) is 1. The number of nitrogens with zero attached hydrogens (tertiary/aromatic N) is 1. The van der Waals surface area contributed by atoms with Crippen molar-refractivity contribution in [2.24, 2.45) is 0 Å². The molecule has 0 fully saturated rings. The first-order chi connectivity index (χ1) is 11.3. The van der Waals surface area contributed by atoms with Crippen LogP contribution in [0.3, 0.4) is 0 Å². The van der Waals surface area contributed by atoms with Gasteiger partial charge in [0.1, 0.15) is 11.5 Å². The Hall–Kier alpha value is -2.81. The Bertz CT molecular complexity index is 785.